The Morgan fingerprint density at radius 2 is 2.29 bits per heavy atom. The van der Waals surface area contributed by atoms with E-state index in [4.69, 9.17) is 5.26 Å². The molecule has 0 N–H and O–H groups in total. The van der Waals surface area contributed by atoms with E-state index in [1.165, 1.54) is 0 Å². The molecule has 0 bridgehead atoms. The lowest BCUT2D eigenvalue weighted by Gasteiger charge is -2.06. The third kappa shape index (κ3) is 1.87. The maximum Gasteiger partial charge on any atom is 0.267 e. The maximum atomic E-state index is 12.5. The standard InChI is InChI=1S/C8H3F2IN2O/c9-8(10)6-5(3-14)13-2-4(1-12)7(6)11/h2-3,8H. The van der Waals surface area contributed by atoms with Crippen molar-refractivity contribution in [1.29, 1.82) is 5.26 Å². The van der Waals surface area contributed by atoms with E-state index >= 15 is 0 Å². The van der Waals surface area contributed by atoms with Gasteiger partial charge in [0.25, 0.3) is 6.43 Å². The number of hydrogen-bond donors (Lipinski definition) is 0. The number of nitriles is 1. The number of halogens is 3. The van der Waals surface area contributed by atoms with Gasteiger partial charge in [-0.1, -0.05) is 0 Å². The zero-order chi connectivity index (χ0) is 10.7. The van der Waals surface area contributed by atoms with Crippen molar-refractivity contribution < 1.29 is 13.6 Å². The predicted molar refractivity (Wildman–Crippen MR) is 52.0 cm³/mol. The van der Waals surface area contributed by atoms with Gasteiger partial charge in [0.1, 0.15) is 11.8 Å². The Hall–Kier alpha value is -1.10. The number of pyridine rings is 1. The molecule has 0 unspecified atom stereocenters. The summed E-state index contributed by atoms with van der Waals surface area (Å²) in [6.45, 7) is 0. The zero-order valence-electron chi connectivity index (χ0n) is 6.67. The van der Waals surface area contributed by atoms with E-state index in [0.717, 1.165) is 6.20 Å². The first-order valence-electron chi connectivity index (χ1n) is 3.43. The van der Waals surface area contributed by atoms with Gasteiger partial charge in [0.15, 0.2) is 6.29 Å². The smallest absolute Gasteiger partial charge is 0.267 e. The first kappa shape index (κ1) is 11.0. The summed E-state index contributed by atoms with van der Waals surface area (Å²) in [5, 5.41) is 8.56. The molecule has 1 heterocycles. The Labute approximate surface area is 91.9 Å². The Kier molecular flexibility index (Phi) is 3.46. The van der Waals surface area contributed by atoms with Gasteiger partial charge in [-0.05, 0) is 22.6 Å². The average Bonchev–Trinajstić information content (AvgIpc) is 2.16. The third-order valence-corrected chi connectivity index (χ3v) is 2.69. The monoisotopic (exact) mass is 308 g/mol. The van der Waals surface area contributed by atoms with Crippen LogP contribution in [-0.2, 0) is 0 Å². The topological polar surface area (TPSA) is 53.8 Å². The van der Waals surface area contributed by atoms with Crippen LogP contribution < -0.4 is 0 Å². The number of aromatic nitrogens is 1. The SMILES string of the molecule is N#Cc1cnc(C=O)c(C(F)F)c1I. The van der Waals surface area contributed by atoms with Crippen molar-refractivity contribution >= 4 is 28.9 Å². The van der Waals surface area contributed by atoms with Gasteiger partial charge in [0.05, 0.1) is 11.1 Å². The number of carbonyl (C=O) groups is 1. The molecule has 6 heteroatoms. The number of carbonyl (C=O) groups excluding carboxylic acids is 1. The molecule has 0 atom stereocenters. The minimum atomic E-state index is -2.80. The van der Waals surface area contributed by atoms with Crippen molar-refractivity contribution in [1.82, 2.24) is 4.98 Å². The van der Waals surface area contributed by atoms with E-state index in [9.17, 15) is 13.6 Å². The van der Waals surface area contributed by atoms with Crippen LogP contribution in [0, 0.1) is 14.9 Å². The van der Waals surface area contributed by atoms with E-state index in [0.29, 0.717) is 0 Å². The molecule has 0 saturated heterocycles. The van der Waals surface area contributed by atoms with E-state index in [2.05, 4.69) is 4.98 Å². The molecule has 3 nitrogen and oxygen atoms in total. The van der Waals surface area contributed by atoms with Gasteiger partial charge in [-0.15, -0.1) is 0 Å². The van der Waals surface area contributed by atoms with Crippen molar-refractivity contribution in [2.45, 2.75) is 6.43 Å². The predicted octanol–water partition coefficient (Wildman–Crippen LogP) is 2.31. The van der Waals surface area contributed by atoms with Gasteiger partial charge < -0.3 is 0 Å². The summed E-state index contributed by atoms with van der Waals surface area (Å²) in [5.74, 6) is 0. The summed E-state index contributed by atoms with van der Waals surface area (Å²) in [4.78, 5) is 13.9. The molecule has 72 valence electrons. The van der Waals surface area contributed by atoms with Gasteiger partial charge in [-0.2, -0.15) is 5.26 Å². The van der Waals surface area contributed by atoms with Crippen molar-refractivity contribution in [2.24, 2.45) is 0 Å². The first-order chi connectivity index (χ1) is 6.61. The van der Waals surface area contributed by atoms with Gasteiger partial charge in [-0.25, -0.2) is 8.78 Å². The Morgan fingerprint density at radius 3 is 2.71 bits per heavy atom. The Morgan fingerprint density at radius 1 is 1.64 bits per heavy atom. The van der Waals surface area contributed by atoms with Crippen LogP contribution in [0.5, 0.6) is 0 Å². The molecule has 0 spiro atoms. The van der Waals surface area contributed by atoms with Crippen LogP contribution in [0.1, 0.15) is 28.0 Å². The van der Waals surface area contributed by atoms with Crippen molar-refractivity contribution in [2.75, 3.05) is 0 Å². The van der Waals surface area contributed by atoms with E-state index in [-0.39, 0.29) is 21.1 Å². The largest absolute Gasteiger partial charge is 0.296 e. The average molecular weight is 308 g/mol. The maximum absolute atomic E-state index is 12.5. The third-order valence-electron chi connectivity index (χ3n) is 1.53. The molecule has 0 radical (unpaired) electrons. The van der Waals surface area contributed by atoms with Crippen molar-refractivity contribution in [3.05, 3.63) is 26.6 Å². The van der Waals surface area contributed by atoms with Crippen LogP contribution in [0.4, 0.5) is 8.78 Å². The zero-order valence-corrected chi connectivity index (χ0v) is 8.83. The van der Waals surface area contributed by atoms with E-state index in [1.807, 2.05) is 0 Å². The molecule has 14 heavy (non-hydrogen) atoms. The fourth-order valence-electron chi connectivity index (χ4n) is 0.897. The van der Waals surface area contributed by atoms with Gasteiger partial charge in [-0.3, -0.25) is 9.78 Å². The lowest BCUT2D eigenvalue weighted by molar-refractivity contribution is 0.110. The fraction of sp³-hybridized carbons (Fsp3) is 0.125. The summed E-state index contributed by atoms with van der Waals surface area (Å²) in [6, 6.07) is 1.72. The molecular formula is C8H3F2IN2O. The summed E-state index contributed by atoms with van der Waals surface area (Å²) < 4.78 is 25.0. The van der Waals surface area contributed by atoms with Crippen LogP contribution >= 0.6 is 22.6 Å². The van der Waals surface area contributed by atoms with Crippen molar-refractivity contribution in [3.8, 4) is 6.07 Å². The molecule has 0 amide bonds. The molecule has 0 aliphatic rings. The Bertz CT molecular complexity index is 415. The second-order valence-electron chi connectivity index (χ2n) is 2.32. The van der Waals surface area contributed by atoms with Crippen LogP contribution in [0.25, 0.3) is 0 Å². The number of aldehydes is 1. The quantitative estimate of drug-likeness (QED) is 0.622. The molecule has 1 aromatic heterocycles. The Balaban J connectivity index is 3.48. The highest BCUT2D eigenvalue weighted by atomic mass is 127. The molecule has 0 aromatic carbocycles. The number of rotatable bonds is 2. The van der Waals surface area contributed by atoms with E-state index in [1.54, 1.807) is 28.7 Å². The number of hydrogen-bond acceptors (Lipinski definition) is 3. The van der Waals surface area contributed by atoms with Crippen LogP contribution in [-0.4, -0.2) is 11.3 Å². The van der Waals surface area contributed by atoms with Gasteiger partial charge >= 0.3 is 0 Å². The minimum absolute atomic E-state index is 0.0477. The second kappa shape index (κ2) is 4.41. The van der Waals surface area contributed by atoms with Crippen molar-refractivity contribution in [3.63, 3.8) is 0 Å². The summed E-state index contributed by atoms with van der Waals surface area (Å²) >= 11 is 1.60. The molecule has 0 aliphatic heterocycles. The lowest BCUT2D eigenvalue weighted by Crippen LogP contribution is -2.02. The normalized spacial score (nSPS) is 9.93. The lowest BCUT2D eigenvalue weighted by atomic mass is 10.1. The highest BCUT2D eigenvalue weighted by Crippen LogP contribution is 2.28. The molecule has 0 fully saturated rings. The highest BCUT2D eigenvalue weighted by Gasteiger charge is 2.20. The molecule has 1 rings (SSSR count). The fourth-order valence-corrected chi connectivity index (χ4v) is 1.67. The highest BCUT2D eigenvalue weighted by molar-refractivity contribution is 14.1. The van der Waals surface area contributed by atoms with Crippen LogP contribution in [0.15, 0.2) is 6.20 Å². The minimum Gasteiger partial charge on any atom is -0.296 e. The number of nitrogens with zero attached hydrogens (tertiary/aromatic N) is 2. The van der Waals surface area contributed by atoms with E-state index < -0.39 is 12.0 Å². The van der Waals surface area contributed by atoms with Gasteiger partial charge in [0.2, 0.25) is 0 Å². The molecule has 1 aromatic rings. The molecular weight excluding hydrogens is 305 g/mol. The summed E-state index contributed by atoms with van der Waals surface area (Å²) in [7, 11) is 0. The summed E-state index contributed by atoms with van der Waals surface area (Å²) in [6.07, 6.45) is -1.44. The number of alkyl halides is 2. The molecule has 0 aliphatic carbocycles. The van der Waals surface area contributed by atoms with Crippen LogP contribution in [0.3, 0.4) is 0 Å². The van der Waals surface area contributed by atoms with Gasteiger partial charge in [0, 0.05) is 9.77 Å². The van der Waals surface area contributed by atoms with Crippen LogP contribution in [0.2, 0.25) is 0 Å². The first-order valence-corrected chi connectivity index (χ1v) is 4.51. The second-order valence-corrected chi connectivity index (χ2v) is 3.39. The summed E-state index contributed by atoms with van der Waals surface area (Å²) in [5.41, 5.74) is -0.741. The molecule has 0 saturated carbocycles.